The van der Waals surface area contributed by atoms with Crippen LogP contribution in [0.3, 0.4) is 0 Å². The third kappa shape index (κ3) is 2.11. The number of hydrogen-bond acceptors (Lipinski definition) is 2. The summed E-state index contributed by atoms with van der Waals surface area (Å²) < 4.78 is 2.85. The molecule has 0 aliphatic heterocycles. The van der Waals surface area contributed by atoms with Crippen LogP contribution in [0.25, 0.3) is 16.7 Å². The van der Waals surface area contributed by atoms with Crippen LogP contribution in [-0.2, 0) is 0 Å². The summed E-state index contributed by atoms with van der Waals surface area (Å²) in [6, 6.07) is 14.7. The Bertz CT molecular complexity index is 799. The molecule has 0 aliphatic carbocycles. The van der Waals surface area contributed by atoms with Crippen molar-refractivity contribution in [3.8, 4) is 5.69 Å². The van der Waals surface area contributed by atoms with Gasteiger partial charge in [0, 0.05) is 10.6 Å². The summed E-state index contributed by atoms with van der Waals surface area (Å²) in [6.07, 6.45) is 2.08. The second-order valence-electron chi connectivity index (χ2n) is 4.44. The molecule has 0 bridgehead atoms. The Balaban J connectivity index is 2.35. The van der Waals surface area contributed by atoms with Crippen molar-refractivity contribution < 1.29 is 0 Å². The largest absolute Gasteiger partial charge is 0.330 e. The Morgan fingerprint density at radius 1 is 1.16 bits per heavy atom. The molecular formula is C15H14N2S2. The highest BCUT2D eigenvalue weighted by molar-refractivity contribution is 7.98. The SMILES string of the molecule is CSc1cccc(-n2c(=S)[nH]c3cccc(C)c32)c1. The Morgan fingerprint density at radius 3 is 2.74 bits per heavy atom. The summed E-state index contributed by atoms with van der Waals surface area (Å²) in [6.45, 7) is 2.11. The number of hydrogen-bond donors (Lipinski definition) is 1. The fourth-order valence-electron chi connectivity index (χ4n) is 2.33. The first-order valence-corrected chi connectivity index (χ1v) is 7.69. The van der Waals surface area contributed by atoms with Crippen molar-refractivity contribution in [2.75, 3.05) is 6.26 Å². The molecule has 0 aliphatic rings. The third-order valence-corrected chi connectivity index (χ3v) is 4.23. The van der Waals surface area contributed by atoms with Crippen LogP contribution in [0.1, 0.15) is 5.56 Å². The van der Waals surface area contributed by atoms with Gasteiger partial charge in [-0.15, -0.1) is 11.8 Å². The van der Waals surface area contributed by atoms with Crippen molar-refractivity contribution in [1.82, 2.24) is 9.55 Å². The van der Waals surface area contributed by atoms with Crippen LogP contribution in [0.15, 0.2) is 47.4 Å². The Labute approximate surface area is 121 Å². The Kier molecular flexibility index (Phi) is 3.21. The molecule has 3 rings (SSSR count). The first-order chi connectivity index (χ1) is 9.20. The number of thioether (sulfide) groups is 1. The van der Waals surface area contributed by atoms with E-state index >= 15 is 0 Å². The maximum Gasteiger partial charge on any atom is 0.182 e. The van der Waals surface area contributed by atoms with E-state index in [1.807, 2.05) is 6.07 Å². The molecular weight excluding hydrogens is 272 g/mol. The second-order valence-corrected chi connectivity index (χ2v) is 5.70. The van der Waals surface area contributed by atoms with Crippen molar-refractivity contribution in [2.45, 2.75) is 11.8 Å². The topological polar surface area (TPSA) is 20.7 Å². The van der Waals surface area contributed by atoms with E-state index in [0.29, 0.717) is 0 Å². The second kappa shape index (κ2) is 4.87. The number of para-hydroxylation sites is 1. The maximum atomic E-state index is 5.47. The first-order valence-electron chi connectivity index (χ1n) is 6.05. The predicted molar refractivity (Wildman–Crippen MR) is 85.0 cm³/mol. The summed E-state index contributed by atoms with van der Waals surface area (Å²) in [5, 5.41) is 0. The Hall–Kier alpha value is -1.52. The summed E-state index contributed by atoms with van der Waals surface area (Å²) in [7, 11) is 0. The lowest BCUT2D eigenvalue weighted by Gasteiger charge is -2.07. The lowest BCUT2D eigenvalue weighted by atomic mass is 10.2. The van der Waals surface area contributed by atoms with Gasteiger partial charge in [-0.1, -0.05) is 18.2 Å². The molecule has 0 amide bonds. The van der Waals surface area contributed by atoms with Gasteiger partial charge in [0.2, 0.25) is 0 Å². The van der Waals surface area contributed by atoms with Gasteiger partial charge in [-0.3, -0.25) is 4.57 Å². The average Bonchev–Trinajstić information content (AvgIpc) is 2.76. The van der Waals surface area contributed by atoms with Crippen LogP contribution in [-0.4, -0.2) is 15.8 Å². The molecule has 96 valence electrons. The molecule has 1 heterocycles. The molecule has 2 aromatic carbocycles. The van der Waals surface area contributed by atoms with Gasteiger partial charge < -0.3 is 4.98 Å². The van der Waals surface area contributed by atoms with Gasteiger partial charge in [0.15, 0.2) is 4.77 Å². The number of nitrogens with one attached hydrogen (secondary N) is 1. The molecule has 4 heteroatoms. The van der Waals surface area contributed by atoms with Gasteiger partial charge in [-0.25, -0.2) is 0 Å². The van der Waals surface area contributed by atoms with Crippen molar-refractivity contribution in [3.05, 3.63) is 52.8 Å². The van der Waals surface area contributed by atoms with Gasteiger partial charge in [0.1, 0.15) is 0 Å². The molecule has 0 unspecified atom stereocenters. The van der Waals surface area contributed by atoms with Gasteiger partial charge in [-0.2, -0.15) is 0 Å². The Morgan fingerprint density at radius 2 is 1.95 bits per heavy atom. The van der Waals surface area contributed by atoms with E-state index in [1.165, 1.54) is 10.5 Å². The van der Waals surface area contributed by atoms with Crippen molar-refractivity contribution in [1.29, 1.82) is 0 Å². The van der Waals surface area contributed by atoms with E-state index in [-0.39, 0.29) is 0 Å². The van der Waals surface area contributed by atoms with Gasteiger partial charge in [0.25, 0.3) is 0 Å². The van der Waals surface area contributed by atoms with E-state index in [1.54, 1.807) is 11.8 Å². The zero-order valence-corrected chi connectivity index (χ0v) is 12.4. The molecule has 1 aromatic heterocycles. The van der Waals surface area contributed by atoms with Crippen LogP contribution < -0.4 is 0 Å². The summed E-state index contributed by atoms with van der Waals surface area (Å²) in [4.78, 5) is 4.51. The summed E-state index contributed by atoms with van der Waals surface area (Å²) >= 11 is 7.21. The van der Waals surface area contributed by atoms with E-state index in [0.717, 1.165) is 21.5 Å². The zero-order chi connectivity index (χ0) is 13.4. The molecule has 0 spiro atoms. The number of aryl methyl sites for hydroxylation is 1. The fraction of sp³-hybridized carbons (Fsp3) is 0.133. The van der Waals surface area contributed by atoms with Crippen molar-refractivity contribution >= 4 is 35.0 Å². The van der Waals surface area contributed by atoms with Gasteiger partial charge in [-0.05, 0) is 55.2 Å². The van der Waals surface area contributed by atoms with Crippen LogP contribution in [0.4, 0.5) is 0 Å². The number of fused-ring (bicyclic) bond motifs is 1. The number of H-pyrrole nitrogens is 1. The van der Waals surface area contributed by atoms with E-state index < -0.39 is 0 Å². The minimum absolute atomic E-state index is 0.738. The highest BCUT2D eigenvalue weighted by Crippen LogP contribution is 2.25. The normalized spacial score (nSPS) is 11.1. The summed E-state index contributed by atoms with van der Waals surface area (Å²) in [5.74, 6) is 0. The highest BCUT2D eigenvalue weighted by Gasteiger charge is 2.08. The quantitative estimate of drug-likeness (QED) is 0.543. The number of imidazole rings is 1. The van der Waals surface area contributed by atoms with E-state index in [4.69, 9.17) is 12.2 Å². The standard InChI is InChI=1S/C15H14N2S2/c1-10-5-3-8-13-14(10)17(15(18)16-13)11-6-4-7-12(9-11)19-2/h3-9H,1-2H3,(H,16,18). The molecule has 3 aromatic rings. The number of nitrogens with zero attached hydrogens (tertiary/aromatic N) is 1. The van der Waals surface area contributed by atoms with Crippen molar-refractivity contribution in [2.24, 2.45) is 0 Å². The predicted octanol–water partition coefficient (Wildman–Crippen LogP) is 4.72. The number of rotatable bonds is 2. The lowest BCUT2D eigenvalue weighted by molar-refractivity contribution is 1.05. The molecule has 1 N–H and O–H groups in total. The third-order valence-electron chi connectivity index (χ3n) is 3.22. The maximum absolute atomic E-state index is 5.47. The van der Waals surface area contributed by atoms with Crippen molar-refractivity contribution in [3.63, 3.8) is 0 Å². The monoisotopic (exact) mass is 286 g/mol. The van der Waals surface area contributed by atoms with Crippen LogP contribution in [0, 0.1) is 11.7 Å². The van der Waals surface area contributed by atoms with Crippen LogP contribution in [0.5, 0.6) is 0 Å². The number of aromatic amines is 1. The minimum atomic E-state index is 0.738. The van der Waals surface area contributed by atoms with E-state index in [2.05, 4.69) is 59.1 Å². The zero-order valence-electron chi connectivity index (χ0n) is 10.8. The average molecular weight is 286 g/mol. The molecule has 2 nitrogen and oxygen atoms in total. The minimum Gasteiger partial charge on any atom is -0.330 e. The molecule has 0 radical (unpaired) electrons. The number of aromatic nitrogens is 2. The van der Waals surface area contributed by atoms with Gasteiger partial charge in [0.05, 0.1) is 11.0 Å². The van der Waals surface area contributed by atoms with Gasteiger partial charge >= 0.3 is 0 Å². The van der Waals surface area contributed by atoms with E-state index in [9.17, 15) is 0 Å². The molecule has 19 heavy (non-hydrogen) atoms. The molecule has 0 atom stereocenters. The molecule has 0 fully saturated rings. The molecule has 0 saturated carbocycles. The van der Waals surface area contributed by atoms with Crippen LogP contribution >= 0.6 is 24.0 Å². The summed E-state index contributed by atoms with van der Waals surface area (Å²) in [5.41, 5.74) is 4.57. The lowest BCUT2D eigenvalue weighted by Crippen LogP contribution is -1.95. The number of benzene rings is 2. The smallest absolute Gasteiger partial charge is 0.182 e. The fourth-order valence-corrected chi connectivity index (χ4v) is 3.09. The first kappa shape index (κ1) is 12.5. The molecule has 0 saturated heterocycles. The highest BCUT2D eigenvalue weighted by atomic mass is 32.2. The van der Waals surface area contributed by atoms with Crippen LogP contribution in [0.2, 0.25) is 0 Å².